The van der Waals surface area contributed by atoms with Crippen LogP contribution in [0.5, 0.6) is 0 Å². The number of carbonyl (C=O) groups excluding carboxylic acids is 1. The van der Waals surface area contributed by atoms with Gasteiger partial charge in [0.05, 0.1) is 24.2 Å². The summed E-state index contributed by atoms with van der Waals surface area (Å²) in [6, 6.07) is 19.2. The van der Waals surface area contributed by atoms with Gasteiger partial charge in [0, 0.05) is 29.1 Å². The number of anilines is 2. The van der Waals surface area contributed by atoms with Crippen molar-refractivity contribution >= 4 is 40.6 Å². The monoisotopic (exact) mass is 498 g/mol. The van der Waals surface area contributed by atoms with E-state index in [1.54, 1.807) is 30.5 Å². The van der Waals surface area contributed by atoms with Gasteiger partial charge in [-0.15, -0.1) is 0 Å². The summed E-state index contributed by atoms with van der Waals surface area (Å²) in [5.74, 6) is -0.765. The molecule has 1 heterocycles. The number of thioether (sulfide) groups is 1. The molecule has 1 aromatic heterocycles. The number of imidazole rings is 1. The molecule has 9 heteroatoms. The number of rotatable bonds is 8. The minimum atomic E-state index is -0.365. The Labute approximate surface area is 205 Å². The van der Waals surface area contributed by atoms with Crippen LogP contribution in [0.25, 0.3) is 5.69 Å². The second kappa shape index (κ2) is 10.7. The SMILES string of the molecule is CN(Cc1cnc(SCC(=O)Nc2ccc(F)cc2)n1-c1ccc(Cl)cc1)c1ccc(F)cc1. The van der Waals surface area contributed by atoms with Crippen LogP contribution >= 0.6 is 23.4 Å². The first-order valence-corrected chi connectivity index (χ1v) is 11.7. The first-order valence-electron chi connectivity index (χ1n) is 10.4. The Bertz CT molecular complexity index is 1260. The fraction of sp³-hybridized carbons (Fsp3) is 0.120. The van der Waals surface area contributed by atoms with Crippen molar-refractivity contribution in [2.24, 2.45) is 0 Å². The molecule has 0 aliphatic heterocycles. The van der Waals surface area contributed by atoms with Crippen molar-refractivity contribution < 1.29 is 13.6 Å². The van der Waals surface area contributed by atoms with E-state index < -0.39 is 0 Å². The molecule has 0 unspecified atom stereocenters. The zero-order chi connectivity index (χ0) is 24.1. The number of carbonyl (C=O) groups is 1. The summed E-state index contributed by atoms with van der Waals surface area (Å²) >= 11 is 7.36. The lowest BCUT2D eigenvalue weighted by Gasteiger charge is -2.21. The van der Waals surface area contributed by atoms with Crippen molar-refractivity contribution in [1.29, 1.82) is 0 Å². The summed E-state index contributed by atoms with van der Waals surface area (Å²) in [4.78, 5) is 19.0. The molecule has 34 heavy (non-hydrogen) atoms. The first kappa shape index (κ1) is 23.8. The van der Waals surface area contributed by atoms with E-state index in [-0.39, 0.29) is 23.3 Å². The second-order valence-corrected chi connectivity index (χ2v) is 8.90. The molecule has 0 saturated heterocycles. The van der Waals surface area contributed by atoms with Crippen LogP contribution in [-0.2, 0) is 11.3 Å². The van der Waals surface area contributed by atoms with Crippen molar-refractivity contribution in [2.45, 2.75) is 11.7 Å². The Morgan fingerprint density at radius 1 is 1.00 bits per heavy atom. The van der Waals surface area contributed by atoms with E-state index in [1.165, 1.54) is 48.2 Å². The molecule has 3 aromatic carbocycles. The van der Waals surface area contributed by atoms with Gasteiger partial charge in [-0.1, -0.05) is 23.4 Å². The van der Waals surface area contributed by atoms with Crippen LogP contribution in [-0.4, -0.2) is 28.3 Å². The second-order valence-electron chi connectivity index (χ2n) is 7.52. The third-order valence-corrected chi connectivity index (χ3v) is 6.22. The van der Waals surface area contributed by atoms with Crippen molar-refractivity contribution in [1.82, 2.24) is 9.55 Å². The number of hydrogen-bond donors (Lipinski definition) is 1. The van der Waals surface area contributed by atoms with E-state index in [1.807, 2.05) is 28.6 Å². The summed E-state index contributed by atoms with van der Waals surface area (Å²) < 4.78 is 28.4. The van der Waals surface area contributed by atoms with Crippen molar-refractivity contribution in [3.63, 3.8) is 0 Å². The quantitative estimate of drug-likeness (QED) is 0.295. The topological polar surface area (TPSA) is 50.2 Å². The van der Waals surface area contributed by atoms with Crippen LogP contribution in [0.2, 0.25) is 5.02 Å². The molecule has 1 N–H and O–H groups in total. The number of nitrogens with zero attached hydrogens (tertiary/aromatic N) is 3. The molecule has 0 spiro atoms. The fourth-order valence-corrected chi connectivity index (χ4v) is 4.28. The highest BCUT2D eigenvalue weighted by Crippen LogP contribution is 2.26. The van der Waals surface area contributed by atoms with Gasteiger partial charge in [-0.3, -0.25) is 9.36 Å². The highest BCUT2D eigenvalue weighted by molar-refractivity contribution is 7.99. The Kier molecular flexibility index (Phi) is 7.49. The minimum absolute atomic E-state index is 0.120. The lowest BCUT2D eigenvalue weighted by molar-refractivity contribution is -0.113. The van der Waals surface area contributed by atoms with E-state index in [0.717, 1.165) is 17.1 Å². The zero-order valence-electron chi connectivity index (χ0n) is 18.2. The van der Waals surface area contributed by atoms with E-state index >= 15 is 0 Å². The molecule has 0 bridgehead atoms. The molecule has 0 atom stereocenters. The predicted octanol–water partition coefficient (Wildman–Crippen LogP) is 6.17. The average Bonchev–Trinajstić information content (AvgIpc) is 3.22. The maximum absolute atomic E-state index is 13.3. The van der Waals surface area contributed by atoms with Crippen LogP contribution in [0.1, 0.15) is 5.69 Å². The smallest absolute Gasteiger partial charge is 0.234 e. The van der Waals surface area contributed by atoms with Crippen LogP contribution in [0.3, 0.4) is 0 Å². The van der Waals surface area contributed by atoms with Gasteiger partial charge in [0.15, 0.2) is 5.16 Å². The van der Waals surface area contributed by atoms with Gasteiger partial charge < -0.3 is 10.2 Å². The van der Waals surface area contributed by atoms with Crippen molar-refractivity contribution in [3.05, 3.63) is 101 Å². The fourth-order valence-electron chi connectivity index (χ4n) is 3.34. The van der Waals surface area contributed by atoms with Crippen LogP contribution in [0.4, 0.5) is 20.2 Å². The van der Waals surface area contributed by atoms with E-state index in [4.69, 9.17) is 11.6 Å². The van der Waals surface area contributed by atoms with Gasteiger partial charge in [-0.2, -0.15) is 0 Å². The molecule has 1 amide bonds. The van der Waals surface area contributed by atoms with Crippen LogP contribution in [0, 0.1) is 11.6 Å². The van der Waals surface area contributed by atoms with E-state index in [9.17, 15) is 13.6 Å². The van der Waals surface area contributed by atoms with E-state index in [2.05, 4.69) is 10.3 Å². The Balaban J connectivity index is 1.53. The molecule has 4 rings (SSSR count). The molecule has 0 radical (unpaired) electrons. The molecule has 174 valence electrons. The summed E-state index contributed by atoms with van der Waals surface area (Å²) in [5.41, 5.74) is 3.12. The van der Waals surface area contributed by atoms with Gasteiger partial charge in [0.2, 0.25) is 5.91 Å². The number of halogens is 3. The molecular formula is C25H21ClF2N4OS. The normalized spacial score (nSPS) is 10.8. The highest BCUT2D eigenvalue weighted by Gasteiger charge is 2.16. The van der Waals surface area contributed by atoms with Crippen molar-refractivity contribution in [2.75, 3.05) is 23.0 Å². The molecule has 0 aliphatic rings. The Morgan fingerprint density at radius 3 is 2.26 bits per heavy atom. The molecule has 5 nitrogen and oxygen atoms in total. The zero-order valence-corrected chi connectivity index (χ0v) is 19.8. The van der Waals surface area contributed by atoms with Gasteiger partial charge in [-0.05, 0) is 72.8 Å². The van der Waals surface area contributed by atoms with E-state index in [0.29, 0.717) is 22.4 Å². The van der Waals surface area contributed by atoms with Crippen molar-refractivity contribution in [3.8, 4) is 5.69 Å². The number of aromatic nitrogens is 2. The first-order chi connectivity index (χ1) is 16.4. The predicted molar refractivity (Wildman–Crippen MR) is 133 cm³/mol. The largest absolute Gasteiger partial charge is 0.369 e. The Hall–Kier alpha value is -3.36. The average molecular weight is 499 g/mol. The maximum atomic E-state index is 13.3. The summed E-state index contributed by atoms with van der Waals surface area (Å²) in [6.45, 7) is 0.504. The number of hydrogen-bond acceptors (Lipinski definition) is 4. The molecular weight excluding hydrogens is 478 g/mol. The molecule has 0 aliphatic carbocycles. The lowest BCUT2D eigenvalue weighted by Crippen LogP contribution is -2.19. The summed E-state index contributed by atoms with van der Waals surface area (Å²) in [5, 5.41) is 4.00. The van der Waals surface area contributed by atoms with Crippen LogP contribution in [0.15, 0.2) is 84.1 Å². The molecule has 0 fully saturated rings. The van der Waals surface area contributed by atoms with Gasteiger partial charge in [-0.25, -0.2) is 13.8 Å². The Morgan fingerprint density at radius 2 is 1.62 bits per heavy atom. The number of amides is 1. The molecule has 4 aromatic rings. The van der Waals surface area contributed by atoms with Gasteiger partial charge in [0.25, 0.3) is 0 Å². The standard InChI is InChI=1S/C25H21ClF2N4OS/c1-31(21-12-6-19(28)7-13-21)15-23-14-29-25(32(23)22-10-2-17(26)3-11-22)34-16-24(33)30-20-8-4-18(27)5-9-20/h2-14H,15-16H2,1H3,(H,30,33). The lowest BCUT2D eigenvalue weighted by atomic mass is 10.2. The number of nitrogens with one attached hydrogen (secondary N) is 1. The van der Waals surface area contributed by atoms with Gasteiger partial charge >= 0.3 is 0 Å². The van der Waals surface area contributed by atoms with Gasteiger partial charge in [0.1, 0.15) is 11.6 Å². The third-order valence-electron chi connectivity index (χ3n) is 5.01. The molecule has 0 saturated carbocycles. The maximum Gasteiger partial charge on any atom is 0.234 e. The summed E-state index contributed by atoms with van der Waals surface area (Å²) in [7, 11) is 1.91. The summed E-state index contributed by atoms with van der Waals surface area (Å²) in [6.07, 6.45) is 1.76. The third kappa shape index (κ3) is 5.95. The highest BCUT2D eigenvalue weighted by atomic mass is 35.5. The van der Waals surface area contributed by atoms with Crippen LogP contribution < -0.4 is 10.2 Å². The number of benzene rings is 3. The minimum Gasteiger partial charge on any atom is -0.369 e.